The smallest absolute Gasteiger partial charge is 0.0936 e. The number of benzene rings is 2. The molecule has 0 unspecified atom stereocenters. The number of rotatable bonds is 2. The second-order valence-electron chi connectivity index (χ2n) is 6.04. The molecule has 1 N–H and O–H groups in total. The zero-order valence-electron chi connectivity index (χ0n) is 13.9. The Morgan fingerprint density at radius 1 is 0.870 bits per heavy atom. The molecule has 23 heavy (non-hydrogen) atoms. The van der Waals surface area contributed by atoms with E-state index in [4.69, 9.17) is 0 Å². The van der Waals surface area contributed by atoms with Gasteiger partial charge in [0.1, 0.15) is 0 Å². The molecular weight excluding hydrogens is 418 g/mol. The van der Waals surface area contributed by atoms with E-state index < -0.39 is 0 Å². The molecule has 0 amide bonds. The number of halogens is 2. The minimum Gasteiger partial charge on any atom is -0.278 e. The van der Waals surface area contributed by atoms with E-state index >= 15 is 0 Å². The lowest BCUT2D eigenvalue weighted by Gasteiger charge is -2.16. The molecule has 0 aliphatic heterocycles. The first-order valence-corrected chi connectivity index (χ1v) is 9.06. The molecule has 0 aliphatic rings. The van der Waals surface area contributed by atoms with Crippen LogP contribution in [0.5, 0.6) is 0 Å². The SMILES string of the molecule is Cc1cc(Nn2ncc3c(Br)c(C)c(C)cc32)c(C)c(Br)c1C. The van der Waals surface area contributed by atoms with Gasteiger partial charge in [0.25, 0.3) is 0 Å². The minimum absolute atomic E-state index is 1.05. The quantitative estimate of drug-likeness (QED) is 0.535. The van der Waals surface area contributed by atoms with Crippen LogP contribution in [0.3, 0.4) is 0 Å². The van der Waals surface area contributed by atoms with Gasteiger partial charge >= 0.3 is 0 Å². The molecular formula is C18H19Br2N3. The minimum atomic E-state index is 1.05. The molecule has 0 spiro atoms. The second-order valence-corrected chi connectivity index (χ2v) is 7.62. The summed E-state index contributed by atoms with van der Waals surface area (Å²) in [6, 6.07) is 4.33. The Morgan fingerprint density at radius 2 is 1.48 bits per heavy atom. The van der Waals surface area contributed by atoms with E-state index in [0.717, 1.165) is 25.5 Å². The molecule has 0 saturated carbocycles. The van der Waals surface area contributed by atoms with E-state index in [9.17, 15) is 0 Å². The van der Waals surface area contributed by atoms with Crippen LogP contribution < -0.4 is 5.43 Å². The molecule has 0 bridgehead atoms. The Balaban J connectivity index is 2.14. The van der Waals surface area contributed by atoms with Crippen molar-refractivity contribution in [2.45, 2.75) is 34.6 Å². The van der Waals surface area contributed by atoms with Gasteiger partial charge in [0.15, 0.2) is 0 Å². The van der Waals surface area contributed by atoms with Gasteiger partial charge in [-0.2, -0.15) is 9.89 Å². The van der Waals surface area contributed by atoms with Crippen LogP contribution in [0.1, 0.15) is 27.8 Å². The lowest BCUT2D eigenvalue weighted by atomic mass is 10.1. The maximum atomic E-state index is 4.52. The third kappa shape index (κ3) is 2.70. The standard InChI is InChI=1S/C18H19Br2N3/c1-9-6-15(13(5)17(19)11(9)3)22-23-16-7-10(2)12(4)18(20)14(16)8-21-23/h6-8,22H,1-5H3. The predicted molar refractivity (Wildman–Crippen MR) is 104 cm³/mol. The number of nitrogens with zero attached hydrogens (tertiary/aromatic N) is 2. The zero-order chi connectivity index (χ0) is 16.9. The third-order valence-electron chi connectivity index (χ3n) is 4.56. The van der Waals surface area contributed by atoms with Crippen LogP contribution in [0.15, 0.2) is 27.3 Å². The van der Waals surface area contributed by atoms with Gasteiger partial charge in [-0.25, -0.2) is 0 Å². The van der Waals surface area contributed by atoms with Gasteiger partial charge in [0.2, 0.25) is 0 Å². The maximum Gasteiger partial charge on any atom is 0.0936 e. The summed E-state index contributed by atoms with van der Waals surface area (Å²) in [4.78, 5) is 1.84. The molecule has 3 nitrogen and oxygen atoms in total. The highest BCUT2D eigenvalue weighted by Crippen LogP contribution is 2.32. The van der Waals surface area contributed by atoms with Gasteiger partial charge < -0.3 is 0 Å². The summed E-state index contributed by atoms with van der Waals surface area (Å²) in [6.07, 6.45) is 1.89. The van der Waals surface area contributed by atoms with Crippen molar-refractivity contribution in [3.8, 4) is 0 Å². The summed E-state index contributed by atoms with van der Waals surface area (Å²) in [5.41, 5.74) is 11.7. The van der Waals surface area contributed by atoms with Gasteiger partial charge in [-0.3, -0.25) is 5.43 Å². The number of fused-ring (bicyclic) bond motifs is 1. The van der Waals surface area contributed by atoms with Gasteiger partial charge in [0.05, 0.1) is 17.4 Å². The molecule has 1 aromatic heterocycles. The van der Waals surface area contributed by atoms with E-state index in [-0.39, 0.29) is 0 Å². The van der Waals surface area contributed by atoms with Crippen LogP contribution in [0.25, 0.3) is 10.9 Å². The van der Waals surface area contributed by atoms with Gasteiger partial charge in [-0.05, 0) is 90.5 Å². The highest BCUT2D eigenvalue weighted by molar-refractivity contribution is 9.11. The van der Waals surface area contributed by atoms with Crippen LogP contribution >= 0.6 is 31.9 Å². The monoisotopic (exact) mass is 435 g/mol. The summed E-state index contributed by atoms with van der Waals surface area (Å²) < 4.78 is 2.25. The van der Waals surface area contributed by atoms with Crippen LogP contribution in [0, 0.1) is 34.6 Å². The normalized spacial score (nSPS) is 11.3. The molecule has 2 aromatic carbocycles. The van der Waals surface area contributed by atoms with Crippen molar-refractivity contribution >= 4 is 48.5 Å². The Labute approximate surface area is 153 Å². The Kier molecular flexibility index (Phi) is 4.27. The summed E-state index contributed by atoms with van der Waals surface area (Å²) >= 11 is 7.38. The van der Waals surface area contributed by atoms with E-state index in [1.807, 2.05) is 11.0 Å². The Hall–Kier alpha value is -1.33. The fourth-order valence-corrected chi connectivity index (χ4v) is 3.82. The van der Waals surface area contributed by atoms with E-state index in [0.29, 0.717) is 0 Å². The van der Waals surface area contributed by atoms with Crippen molar-refractivity contribution in [1.29, 1.82) is 0 Å². The molecule has 5 heteroatoms. The molecule has 1 heterocycles. The molecule has 0 aliphatic carbocycles. The highest BCUT2D eigenvalue weighted by Gasteiger charge is 2.13. The van der Waals surface area contributed by atoms with Crippen molar-refractivity contribution < 1.29 is 0 Å². The fraction of sp³-hybridized carbons (Fsp3) is 0.278. The first-order chi connectivity index (χ1) is 10.8. The summed E-state index contributed by atoms with van der Waals surface area (Å²) in [5, 5.41) is 5.63. The van der Waals surface area contributed by atoms with Crippen molar-refractivity contribution in [2.75, 3.05) is 5.43 Å². The number of anilines is 1. The number of aromatic nitrogens is 2. The Bertz CT molecular complexity index is 926. The third-order valence-corrected chi connectivity index (χ3v) is 6.77. The second kappa shape index (κ2) is 5.95. The largest absolute Gasteiger partial charge is 0.278 e. The molecule has 0 fully saturated rings. The number of aryl methyl sites for hydroxylation is 2. The van der Waals surface area contributed by atoms with Crippen LogP contribution in [-0.4, -0.2) is 9.89 Å². The Morgan fingerprint density at radius 3 is 2.17 bits per heavy atom. The van der Waals surface area contributed by atoms with Crippen molar-refractivity contribution in [3.63, 3.8) is 0 Å². The lowest BCUT2D eigenvalue weighted by Crippen LogP contribution is -2.12. The van der Waals surface area contributed by atoms with E-state index in [2.05, 4.69) is 89.1 Å². The molecule has 0 atom stereocenters. The maximum absolute atomic E-state index is 4.52. The zero-order valence-corrected chi connectivity index (χ0v) is 17.1. The average Bonchev–Trinajstić information content (AvgIpc) is 2.91. The van der Waals surface area contributed by atoms with E-state index in [1.54, 1.807) is 0 Å². The van der Waals surface area contributed by atoms with Gasteiger partial charge in [0, 0.05) is 14.3 Å². The molecule has 0 radical (unpaired) electrons. The molecule has 120 valence electrons. The van der Waals surface area contributed by atoms with E-state index in [1.165, 1.54) is 27.8 Å². The van der Waals surface area contributed by atoms with Crippen LogP contribution in [-0.2, 0) is 0 Å². The average molecular weight is 437 g/mol. The van der Waals surface area contributed by atoms with Crippen molar-refractivity contribution in [3.05, 3.63) is 55.1 Å². The predicted octanol–water partition coefficient (Wildman–Crippen LogP) is 5.98. The van der Waals surface area contributed by atoms with Crippen LogP contribution in [0.2, 0.25) is 0 Å². The van der Waals surface area contributed by atoms with Crippen molar-refractivity contribution in [1.82, 2.24) is 9.89 Å². The molecule has 3 rings (SSSR count). The highest BCUT2D eigenvalue weighted by atomic mass is 79.9. The topological polar surface area (TPSA) is 29.9 Å². The fourth-order valence-electron chi connectivity index (χ4n) is 2.68. The number of hydrogen-bond donors (Lipinski definition) is 1. The summed E-state index contributed by atoms with van der Waals surface area (Å²) in [7, 11) is 0. The van der Waals surface area contributed by atoms with Crippen LogP contribution in [0.4, 0.5) is 5.69 Å². The number of hydrogen-bond acceptors (Lipinski definition) is 2. The van der Waals surface area contributed by atoms with Crippen molar-refractivity contribution in [2.24, 2.45) is 0 Å². The lowest BCUT2D eigenvalue weighted by molar-refractivity contribution is 0.829. The van der Waals surface area contributed by atoms with Gasteiger partial charge in [-0.15, -0.1) is 0 Å². The summed E-state index contributed by atoms with van der Waals surface area (Å²) in [5.74, 6) is 0. The first kappa shape index (κ1) is 16.5. The summed E-state index contributed by atoms with van der Waals surface area (Å²) in [6.45, 7) is 10.6. The molecule has 0 saturated heterocycles. The first-order valence-electron chi connectivity index (χ1n) is 7.48. The number of nitrogens with one attached hydrogen (secondary N) is 1. The molecule has 3 aromatic rings. The van der Waals surface area contributed by atoms with Gasteiger partial charge in [-0.1, -0.05) is 15.9 Å².